The molecule has 0 bridgehead atoms. The Balaban J connectivity index is 1.80. The summed E-state index contributed by atoms with van der Waals surface area (Å²) < 4.78 is 6.39. The number of alkyl halides is 3. The number of nitrogens with one attached hydrogen (secondary N) is 2. The van der Waals surface area contributed by atoms with Gasteiger partial charge in [0.05, 0.1) is 51.8 Å². The molecule has 0 aliphatic carbocycles. The van der Waals surface area contributed by atoms with Crippen LogP contribution in [0, 0.1) is 16.0 Å². The van der Waals surface area contributed by atoms with E-state index < -0.39 is 104 Å². The number of carbonyl (C=O) groups excluding carboxylic acids is 2. The number of likely N-dealkylation sites (N-methyl/N-ethyl adjacent to an activating group) is 1. The molecule has 0 saturated carbocycles. The molecule has 2 aromatic carbocycles. The van der Waals surface area contributed by atoms with Crippen LogP contribution in [0.15, 0.2) is 36.4 Å². The van der Waals surface area contributed by atoms with E-state index in [9.17, 15) is 54.8 Å². The Bertz CT molecular complexity index is 1790. The van der Waals surface area contributed by atoms with Gasteiger partial charge in [-0.05, 0) is 86.4 Å². The van der Waals surface area contributed by atoms with E-state index in [-0.39, 0.29) is 28.3 Å². The summed E-state index contributed by atoms with van der Waals surface area (Å²) in [6.45, 7) is 4.38. The van der Waals surface area contributed by atoms with E-state index in [2.05, 4.69) is 17.6 Å². The number of carboxylic acid groups (broad SMARTS) is 2. The van der Waals surface area contributed by atoms with Crippen molar-refractivity contribution >= 4 is 76.0 Å². The number of benzene rings is 2. The highest BCUT2D eigenvalue weighted by atomic mass is 35.5. The zero-order valence-electron chi connectivity index (χ0n) is 31.5. The molecule has 2 aliphatic rings. The van der Waals surface area contributed by atoms with Gasteiger partial charge in [0, 0.05) is 24.6 Å². The number of rotatable bonds is 17. The van der Waals surface area contributed by atoms with Gasteiger partial charge in [-0.2, -0.15) is 0 Å². The maximum Gasteiger partial charge on any atom is 0.335 e. The number of hydrogen-bond donors (Lipinski definition) is 7. The fraction of sp³-hybridized carbons (Fsp3) is 0.568. The van der Waals surface area contributed by atoms with E-state index in [4.69, 9.17) is 39.5 Å². The fourth-order valence-corrected chi connectivity index (χ4v) is 8.99. The van der Waals surface area contributed by atoms with E-state index in [1.807, 2.05) is 11.9 Å². The van der Waals surface area contributed by atoms with E-state index in [0.717, 1.165) is 55.4 Å². The molecular formula is C37H47Cl3N4O12S. The topological polar surface area (TPSA) is 249 Å². The number of aromatic carboxylic acids is 2. The zero-order valence-corrected chi connectivity index (χ0v) is 34.5. The SMILES string of the molecule is CCCC1CC(C(=O)N[C@H](C(C)Cl)[C@H]2OC(SC)[C@H](c3c(C(=O)O)ccc(C(=O)O)c3CC(NC(=O)C(Cl)Cl)C(O)c3ccc([N+](=O)[O-])cc3)[C@H](O)[C@H]2O)N(C)C1. The molecule has 2 fully saturated rings. The van der Waals surface area contributed by atoms with Crippen molar-refractivity contribution in [2.45, 2.75) is 104 Å². The molecule has 11 atom stereocenters. The van der Waals surface area contributed by atoms with Crippen molar-refractivity contribution in [3.63, 3.8) is 0 Å². The Morgan fingerprint density at radius 1 is 1.02 bits per heavy atom. The molecule has 0 spiro atoms. The largest absolute Gasteiger partial charge is 0.478 e. The minimum absolute atomic E-state index is 0.0497. The lowest BCUT2D eigenvalue weighted by molar-refractivity contribution is -0.384. The highest BCUT2D eigenvalue weighted by molar-refractivity contribution is 7.99. The second kappa shape index (κ2) is 20.1. The van der Waals surface area contributed by atoms with Crippen molar-refractivity contribution in [2.75, 3.05) is 19.8 Å². The van der Waals surface area contributed by atoms with Crippen LogP contribution in [0.5, 0.6) is 0 Å². The predicted molar refractivity (Wildman–Crippen MR) is 213 cm³/mol. The first-order valence-electron chi connectivity index (χ1n) is 18.1. The first-order chi connectivity index (χ1) is 26.8. The number of aliphatic hydroxyl groups is 3. The standard InChI is InChI=1S/C37H47Cl3N4O12S/c1-5-6-17-13-24(43(3)15-17)33(48)42-27(16(2)38)31-30(47)29(46)26(37(56-31)57-4)25-21(36(52)53)12-11-20(35(50)51)22(25)14-23(41-34(49)32(39)40)28(45)18-7-9-19(10-8-18)44(54)55/h7-12,16-17,23-24,26-32,37,45-47H,5-6,13-15H2,1-4H3,(H,41,49)(H,42,48)(H,50,51)(H,52,53)/t16?,17?,23?,24?,26-,27-,28?,29+,30-,31-,37?/m1/s1. The number of non-ortho nitro benzene ring substituents is 1. The number of nitrogens with zero attached hydrogens (tertiary/aromatic N) is 2. The number of likely N-dealkylation sites (tertiary alicyclic amines) is 1. The average Bonchev–Trinajstić information content (AvgIpc) is 3.53. The summed E-state index contributed by atoms with van der Waals surface area (Å²) in [5.74, 6) is -5.56. The summed E-state index contributed by atoms with van der Waals surface area (Å²) in [6, 6.07) is 3.67. The van der Waals surface area contributed by atoms with Crippen LogP contribution in [0.3, 0.4) is 0 Å². The molecule has 57 heavy (non-hydrogen) atoms. The van der Waals surface area contributed by atoms with E-state index in [1.165, 1.54) is 12.1 Å². The minimum atomic E-state index is -1.84. The van der Waals surface area contributed by atoms with Crippen molar-refractivity contribution < 1.29 is 54.4 Å². The first kappa shape index (κ1) is 46.4. The fourth-order valence-electron chi connectivity index (χ4n) is 7.83. The van der Waals surface area contributed by atoms with E-state index >= 15 is 0 Å². The predicted octanol–water partition coefficient (Wildman–Crippen LogP) is 3.68. The molecular weight excluding hydrogens is 831 g/mol. The average molecular weight is 878 g/mol. The zero-order chi connectivity index (χ0) is 42.5. The number of nitro groups is 1. The van der Waals surface area contributed by atoms with Gasteiger partial charge in [-0.3, -0.25) is 24.6 Å². The first-order valence-corrected chi connectivity index (χ1v) is 20.7. The normalized spacial score (nSPS) is 26.0. The van der Waals surface area contributed by atoms with Crippen molar-refractivity contribution in [1.29, 1.82) is 0 Å². The molecule has 2 amide bonds. The number of thioether (sulfide) groups is 1. The van der Waals surface area contributed by atoms with Crippen molar-refractivity contribution in [1.82, 2.24) is 15.5 Å². The molecule has 20 heteroatoms. The van der Waals surface area contributed by atoms with Crippen LogP contribution in [-0.4, -0.2) is 131 Å². The van der Waals surface area contributed by atoms with E-state index in [0.29, 0.717) is 12.3 Å². The van der Waals surface area contributed by atoms with Gasteiger partial charge in [0.1, 0.15) is 17.6 Å². The van der Waals surface area contributed by atoms with Crippen LogP contribution >= 0.6 is 46.6 Å². The Morgan fingerprint density at radius 3 is 2.16 bits per heavy atom. The highest BCUT2D eigenvalue weighted by Crippen LogP contribution is 2.44. The van der Waals surface area contributed by atoms with Crippen LogP contribution in [0.2, 0.25) is 0 Å². The second-order valence-corrected chi connectivity index (χ2v) is 17.1. The quantitative estimate of drug-likeness (QED) is 0.0681. The Labute approximate surface area is 348 Å². The Hall–Kier alpha value is -3.26. The minimum Gasteiger partial charge on any atom is -0.478 e. The van der Waals surface area contributed by atoms with Gasteiger partial charge in [-0.25, -0.2) is 9.59 Å². The van der Waals surface area contributed by atoms with Gasteiger partial charge in [-0.15, -0.1) is 23.4 Å². The van der Waals surface area contributed by atoms with Gasteiger partial charge in [0.2, 0.25) is 5.91 Å². The molecule has 314 valence electrons. The third-order valence-electron chi connectivity index (χ3n) is 10.6. The molecule has 16 nitrogen and oxygen atoms in total. The molecule has 2 heterocycles. The maximum absolute atomic E-state index is 13.6. The van der Waals surface area contributed by atoms with Crippen LogP contribution in [0.4, 0.5) is 5.69 Å². The van der Waals surface area contributed by atoms with Crippen LogP contribution in [-0.2, 0) is 20.7 Å². The van der Waals surface area contributed by atoms with Crippen molar-refractivity contribution in [2.24, 2.45) is 5.92 Å². The van der Waals surface area contributed by atoms with Gasteiger partial charge in [0.15, 0.2) is 4.84 Å². The van der Waals surface area contributed by atoms with Gasteiger partial charge in [0.25, 0.3) is 11.6 Å². The van der Waals surface area contributed by atoms with E-state index in [1.54, 1.807) is 13.2 Å². The van der Waals surface area contributed by atoms with Crippen LogP contribution in [0.25, 0.3) is 0 Å². The number of nitro benzene ring substituents is 1. The maximum atomic E-state index is 13.6. The number of ether oxygens (including phenoxy) is 1. The molecule has 4 rings (SSSR count). The van der Waals surface area contributed by atoms with Gasteiger partial charge >= 0.3 is 11.9 Å². The number of halogens is 3. The molecule has 2 aromatic rings. The van der Waals surface area contributed by atoms with Crippen molar-refractivity contribution in [3.8, 4) is 0 Å². The summed E-state index contributed by atoms with van der Waals surface area (Å²) in [5.41, 5.74) is -2.92. The number of aliphatic hydroxyl groups excluding tert-OH is 3. The summed E-state index contributed by atoms with van der Waals surface area (Å²) in [5, 5.41) is 71.9. The summed E-state index contributed by atoms with van der Waals surface area (Å²) in [6.07, 6.45) is -3.17. The summed E-state index contributed by atoms with van der Waals surface area (Å²) in [7, 11) is 1.84. The monoisotopic (exact) mass is 876 g/mol. The molecule has 0 radical (unpaired) electrons. The van der Waals surface area contributed by atoms with Crippen LogP contribution in [0.1, 0.15) is 82.5 Å². The lowest BCUT2D eigenvalue weighted by atomic mass is 9.77. The molecule has 2 aliphatic heterocycles. The lowest BCUT2D eigenvalue weighted by Gasteiger charge is -2.47. The Kier molecular flexibility index (Phi) is 16.4. The lowest BCUT2D eigenvalue weighted by Crippen LogP contribution is -2.63. The molecule has 6 unspecified atom stereocenters. The number of hydrogen-bond acceptors (Lipinski definition) is 12. The molecule has 2 saturated heterocycles. The number of carbonyl (C=O) groups is 4. The molecule has 0 aromatic heterocycles. The van der Waals surface area contributed by atoms with Crippen LogP contribution < -0.4 is 10.6 Å². The van der Waals surface area contributed by atoms with Gasteiger partial charge in [-0.1, -0.05) is 36.5 Å². The van der Waals surface area contributed by atoms with Gasteiger partial charge < -0.3 is 40.9 Å². The number of amides is 2. The summed E-state index contributed by atoms with van der Waals surface area (Å²) in [4.78, 5) is 63.0. The smallest absolute Gasteiger partial charge is 0.335 e. The number of carboxylic acids is 2. The summed E-state index contributed by atoms with van der Waals surface area (Å²) >= 11 is 19.3. The molecule has 7 N–H and O–H groups in total. The third-order valence-corrected chi connectivity index (χ3v) is 12.1. The second-order valence-electron chi connectivity index (χ2n) is 14.3. The third kappa shape index (κ3) is 10.7. The van der Waals surface area contributed by atoms with Crippen molar-refractivity contribution in [3.05, 3.63) is 74.3 Å². The Morgan fingerprint density at radius 2 is 1.63 bits per heavy atom. The highest BCUT2D eigenvalue weighted by Gasteiger charge is 2.51.